The topological polar surface area (TPSA) is 21.3 Å². The first-order valence-electron chi connectivity index (χ1n) is 6.03. The van der Waals surface area contributed by atoms with Crippen LogP contribution in [0.25, 0.3) is 0 Å². The van der Waals surface area contributed by atoms with Crippen LogP contribution in [0.2, 0.25) is 10.0 Å². The molecule has 0 fully saturated rings. The highest BCUT2D eigenvalue weighted by Crippen LogP contribution is 2.36. The molecule has 2 nitrogen and oxygen atoms in total. The molecule has 0 aliphatic heterocycles. The van der Waals surface area contributed by atoms with Crippen molar-refractivity contribution in [2.75, 3.05) is 14.2 Å². The number of benzene rings is 2. The lowest BCUT2D eigenvalue weighted by molar-refractivity contribution is 0.414. The monoisotopic (exact) mass is 373 g/mol. The van der Waals surface area contributed by atoms with Gasteiger partial charge in [0.1, 0.15) is 5.75 Å². The predicted octanol–water partition coefficient (Wildman–Crippen LogP) is 5.07. The van der Waals surface area contributed by atoms with E-state index in [0.29, 0.717) is 10.0 Å². The highest BCUT2D eigenvalue weighted by molar-refractivity contribution is 9.10. The summed E-state index contributed by atoms with van der Waals surface area (Å²) in [6.45, 7) is 0. The normalized spacial score (nSPS) is 12.2. The van der Waals surface area contributed by atoms with E-state index >= 15 is 0 Å². The molecule has 0 bridgehead atoms. The average molecular weight is 375 g/mol. The quantitative estimate of drug-likeness (QED) is 0.806. The van der Waals surface area contributed by atoms with Crippen molar-refractivity contribution in [1.82, 2.24) is 5.32 Å². The second kappa shape index (κ2) is 6.81. The predicted molar refractivity (Wildman–Crippen MR) is 88.1 cm³/mol. The molecule has 0 saturated carbocycles. The number of rotatable bonds is 4. The summed E-state index contributed by atoms with van der Waals surface area (Å²) >= 11 is 16.2. The summed E-state index contributed by atoms with van der Waals surface area (Å²) in [5, 5.41) is 4.57. The smallest absolute Gasteiger partial charge is 0.120 e. The molecule has 0 heterocycles. The van der Waals surface area contributed by atoms with Crippen molar-refractivity contribution in [3.8, 4) is 5.75 Å². The van der Waals surface area contributed by atoms with E-state index in [1.807, 2.05) is 37.4 Å². The number of ether oxygens (including phenoxy) is 1. The third-order valence-corrected chi connectivity index (χ3v) is 4.74. The fraction of sp³-hybridized carbons (Fsp3) is 0.200. The third-order valence-electron chi connectivity index (χ3n) is 3.10. The molecular formula is C15H14BrCl2NO. The number of nitrogens with one attached hydrogen (secondary N) is 1. The summed E-state index contributed by atoms with van der Waals surface area (Å²) in [5.41, 5.74) is 1.92. The minimum absolute atomic E-state index is 0.0848. The van der Waals surface area contributed by atoms with Crippen molar-refractivity contribution < 1.29 is 4.74 Å². The summed E-state index contributed by atoms with van der Waals surface area (Å²) in [6, 6.07) is 11.4. The molecule has 0 aliphatic carbocycles. The first kappa shape index (κ1) is 15.6. The van der Waals surface area contributed by atoms with Gasteiger partial charge in [-0.15, -0.1) is 0 Å². The lowest BCUT2D eigenvalue weighted by Gasteiger charge is -2.20. The molecule has 1 atom stereocenters. The second-order valence-corrected chi connectivity index (χ2v) is 5.89. The summed E-state index contributed by atoms with van der Waals surface area (Å²) < 4.78 is 6.04. The minimum Gasteiger partial charge on any atom is -0.497 e. The molecular weight excluding hydrogens is 361 g/mol. The second-order valence-electron chi connectivity index (χ2n) is 4.25. The standard InChI is InChI=1S/C15H14BrCl2NO/c1-19-15(11-4-3-5-12(16)14(11)18)10-7-6-9(20-2)8-13(10)17/h3-8,15,19H,1-2H3. The summed E-state index contributed by atoms with van der Waals surface area (Å²) in [7, 11) is 3.49. The Morgan fingerprint density at radius 3 is 2.50 bits per heavy atom. The van der Waals surface area contributed by atoms with E-state index in [0.717, 1.165) is 21.3 Å². The van der Waals surface area contributed by atoms with Gasteiger partial charge in [-0.2, -0.15) is 0 Å². The number of hydrogen-bond donors (Lipinski definition) is 1. The largest absolute Gasteiger partial charge is 0.497 e. The van der Waals surface area contributed by atoms with Gasteiger partial charge in [-0.3, -0.25) is 0 Å². The number of hydrogen-bond acceptors (Lipinski definition) is 2. The van der Waals surface area contributed by atoms with Crippen molar-refractivity contribution >= 4 is 39.1 Å². The highest BCUT2D eigenvalue weighted by atomic mass is 79.9. The Morgan fingerprint density at radius 1 is 1.15 bits per heavy atom. The van der Waals surface area contributed by atoms with Gasteiger partial charge in [0, 0.05) is 9.50 Å². The Balaban J connectivity index is 2.50. The Labute approximate surface area is 137 Å². The Bertz CT molecular complexity index is 619. The molecule has 20 heavy (non-hydrogen) atoms. The van der Waals surface area contributed by atoms with Gasteiger partial charge in [0.05, 0.1) is 18.2 Å². The molecule has 5 heteroatoms. The van der Waals surface area contributed by atoms with Crippen LogP contribution in [0.3, 0.4) is 0 Å². The maximum absolute atomic E-state index is 6.37. The lowest BCUT2D eigenvalue weighted by Crippen LogP contribution is -2.18. The van der Waals surface area contributed by atoms with Crippen LogP contribution in [0.15, 0.2) is 40.9 Å². The van der Waals surface area contributed by atoms with Crippen molar-refractivity contribution in [3.63, 3.8) is 0 Å². The molecule has 1 N–H and O–H groups in total. The Hall–Kier alpha value is -0.740. The zero-order valence-electron chi connectivity index (χ0n) is 11.1. The van der Waals surface area contributed by atoms with Gasteiger partial charge in [0.2, 0.25) is 0 Å². The zero-order chi connectivity index (χ0) is 14.7. The van der Waals surface area contributed by atoms with Crippen molar-refractivity contribution in [2.24, 2.45) is 0 Å². The first-order chi connectivity index (χ1) is 9.58. The Kier molecular flexibility index (Phi) is 5.33. The molecule has 0 saturated heterocycles. The molecule has 0 amide bonds. The van der Waals surface area contributed by atoms with Crippen LogP contribution in [0, 0.1) is 0 Å². The molecule has 1 unspecified atom stereocenters. The maximum atomic E-state index is 6.37. The Morgan fingerprint density at radius 2 is 1.90 bits per heavy atom. The van der Waals surface area contributed by atoms with Gasteiger partial charge < -0.3 is 10.1 Å². The van der Waals surface area contributed by atoms with Gasteiger partial charge >= 0.3 is 0 Å². The highest BCUT2D eigenvalue weighted by Gasteiger charge is 2.19. The van der Waals surface area contributed by atoms with E-state index in [1.165, 1.54) is 0 Å². The molecule has 0 aromatic heterocycles. The molecule has 2 aromatic rings. The van der Waals surface area contributed by atoms with E-state index in [2.05, 4.69) is 21.2 Å². The van der Waals surface area contributed by atoms with E-state index < -0.39 is 0 Å². The van der Waals surface area contributed by atoms with Crippen molar-refractivity contribution in [1.29, 1.82) is 0 Å². The fourth-order valence-corrected chi connectivity index (χ4v) is 2.99. The van der Waals surface area contributed by atoms with Crippen LogP contribution < -0.4 is 10.1 Å². The van der Waals surface area contributed by atoms with E-state index in [9.17, 15) is 0 Å². The fourth-order valence-electron chi connectivity index (χ4n) is 2.09. The van der Waals surface area contributed by atoms with Crippen LogP contribution in [0.1, 0.15) is 17.2 Å². The third kappa shape index (κ3) is 3.12. The van der Waals surface area contributed by atoms with Crippen LogP contribution >= 0.6 is 39.1 Å². The number of halogens is 3. The summed E-state index contributed by atoms with van der Waals surface area (Å²) in [4.78, 5) is 0. The molecule has 2 rings (SSSR count). The molecule has 0 radical (unpaired) electrons. The van der Waals surface area contributed by atoms with Gasteiger partial charge in [-0.25, -0.2) is 0 Å². The lowest BCUT2D eigenvalue weighted by atomic mass is 9.98. The molecule has 0 spiro atoms. The van der Waals surface area contributed by atoms with Crippen LogP contribution in [-0.2, 0) is 0 Å². The van der Waals surface area contributed by atoms with Gasteiger partial charge in [-0.1, -0.05) is 41.4 Å². The molecule has 106 valence electrons. The maximum Gasteiger partial charge on any atom is 0.120 e. The number of methoxy groups -OCH3 is 1. The van der Waals surface area contributed by atoms with E-state index in [1.54, 1.807) is 13.2 Å². The first-order valence-corrected chi connectivity index (χ1v) is 7.58. The van der Waals surface area contributed by atoms with Crippen molar-refractivity contribution in [2.45, 2.75) is 6.04 Å². The molecule has 0 aliphatic rings. The van der Waals surface area contributed by atoms with E-state index in [4.69, 9.17) is 27.9 Å². The van der Waals surface area contributed by atoms with Crippen LogP contribution in [0.5, 0.6) is 5.75 Å². The van der Waals surface area contributed by atoms with Gasteiger partial charge in [-0.05, 0) is 52.3 Å². The van der Waals surface area contributed by atoms with Crippen molar-refractivity contribution in [3.05, 3.63) is 62.0 Å². The summed E-state index contributed by atoms with van der Waals surface area (Å²) in [6.07, 6.45) is 0. The van der Waals surface area contributed by atoms with Crippen LogP contribution in [0.4, 0.5) is 0 Å². The van der Waals surface area contributed by atoms with Gasteiger partial charge in [0.25, 0.3) is 0 Å². The zero-order valence-corrected chi connectivity index (χ0v) is 14.2. The van der Waals surface area contributed by atoms with Crippen LogP contribution in [-0.4, -0.2) is 14.2 Å². The van der Waals surface area contributed by atoms with Gasteiger partial charge in [0.15, 0.2) is 0 Å². The SMILES string of the molecule is CNC(c1ccc(OC)cc1Cl)c1cccc(Br)c1Cl. The minimum atomic E-state index is -0.0848. The summed E-state index contributed by atoms with van der Waals surface area (Å²) in [5.74, 6) is 0.731. The average Bonchev–Trinajstić information content (AvgIpc) is 2.45. The van der Waals surface area contributed by atoms with E-state index in [-0.39, 0.29) is 6.04 Å². The molecule has 2 aromatic carbocycles.